The number of hydrogen-bond donors (Lipinski definition) is 1. The van der Waals surface area contributed by atoms with E-state index in [-0.39, 0.29) is 6.10 Å². The van der Waals surface area contributed by atoms with Crippen molar-refractivity contribution in [2.45, 2.75) is 32.0 Å². The molecule has 2 unspecified atom stereocenters. The highest BCUT2D eigenvalue weighted by Gasteiger charge is 2.52. The summed E-state index contributed by atoms with van der Waals surface area (Å²) in [5.41, 5.74) is -1.18. The zero-order chi connectivity index (χ0) is 7.07. The molecule has 3 heteroatoms. The van der Waals surface area contributed by atoms with Crippen LogP contribution in [0.25, 0.3) is 0 Å². The Hall–Kier alpha value is -0.570. The molecule has 0 aromatic heterocycles. The number of rotatable bonds is 1. The largest absolute Gasteiger partial charge is 0.457 e. The Morgan fingerprint density at radius 3 is 2.56 bits per heavy atom. The molecule has 0 radical (unpaired) electrons. The van der Waals surface area contributed by atoms with E-state index in [4.69, 9.17) is 0 Å². The van der Waals surface area contributed by atoms with Crippen LogP contribution in [0, 0.1) is 0 Å². The van der Waals surface area contributed by atoms with E-state index in [9.17, 15) is 9.90 Å². The number of hydrogen-bond acceptors (Lipinski definition) is 3. The molecule has 1 rings (SSSR count). The minimum Gasteiger partial charge on any atom is -0.457 e. The first-order chi connectivity index (χ1) is 4.11. The number of cyclic esters (lactones) is 1. The van der Waals surface area contributed by atoms with Gasteiger partial charge in [-0.2, -0.15) is 0 Å². The molecule has 0 bridgehead atoms. The lowest BCUT2D eigenvalue weighted by Crippen LogP contribution is -2.60. The van der Waals surface area contributed by atoms with Gasteiger partial charge in [0.15, 0.2) is 5.60 Å². The van der Waals surface area contributed by atoms with Crippen LogP contribution < -0.4 is 0 Å². The van der Waals surface area contributed by atoms with Gasteiger partial charge in [-0.25, -0.2) is 4.79 Å². The third kappa shape index (κ3) is 0.645. The Bertz CT molecular complexity index is 143. The molecule has 9 heavy (non-hydrogen) atoms. The lowest BCUT2D eigenvalue weighted by atomic mass is 9.90. The summed E-state index contributed by atoms with van der Waals surface area (Å²) in [6, 6.07) is 0. The summed E-state index contributed by atoms with van der Waals surface area (Å²) >= 11 is 0. The molecule has 1 aliphatic heterocycles. The van der Waals surface area contributed by atoms with Crippen molar-refractivity contribution in [2.24, 2.45) is 0 Å². The lowest BCUT2D eigenvalue weighted by Gasteiger charge is -2.39. The van der Waals surface area contributed by atoms with Crippen LogP contribution in [0.2, 0.25) is 0 Å². The number of carbonyl (C=O) groups is 1. The summed E-state index contributed by atoms with van der Waals surface area (Å²) < 4.78 is 4.56. The monoisotopic (exact) mass is 130 g/mol. The molecule has 0 spiro atoms. The van der Waals surface area contributed by atoms with Crippen LogP contribution in [-0.2, 0) is 9.53 Å². The molecule has 52 valence electrons. The lowest BCUT2D eigenvalue weighted by molar-refractivity contribution is -0.225. The van der Waals surface area contributed by atoms with Gasteiger partial charge in [-0.3, -0.25) is 0 Å². The maximum absolute atomic E-state index is 10.5. The second-order valence-electron chi connectivity index (χ2n) is 2.33. The number of esters is 1. The van der Waals surface area contributed by atoms with Gasteiger partial charge in [-0.1, -0.05) is 6.92 Å². The van der Waals surface area contributed by atoms with Gasteiger partial charge in [0.1, 0.15) is 6.10 Å². The van der Waals surface area contributed by atoms with Gasteiger partial charge in [0.25, 0.3) is 0 Å². The van der Waals surface area contributed by atoms with Crippen LogP contribution in [0.15, 0.2) is 0 Å². The molecular formula is C6H10O3. The smallest absolute Gasteiger partial charge is 0.342 e. The summed E-state index contributed by atoms with van der Waals surface area (Å²) in [5, 5.41) is 9.28. The van der Waals surface area contributed by atoms with Crippen molar-refractivity contribution in [2.75, 3.05) is 0 Å². The van der Waals surface area contributed by atoms with Crippen LogP contribution in [-0.4, -0.2) is 22.8 Å². The summed E-state index contributed by atoms with van der Waals surface area (Å²) in [6.45, 7) is 3.45. The van der Waals surface area contributed by atoms with E-state index in [1.54, 1.807) is 13.8 Å². The Labute approximate surface area is 53.6 Å². The molecule has 3 nitrogen and oxygen atoms in total. The van der Waals surface area contributed by atoms with Crippen LogP contribution >= 0.6 is 0 Å². The van der Waals surface area contributed by atoms with Crippen LogP contribution in [0.3, 0.4) is 0 Å². The Morgan fingerprint density at radius 1 is 1.89 bits per heavy atom. The maximum Gasteiger partial charge on any atom is 0.342 e. The van der Waals surface area contributed by atoms with Crippen LogP contribution in [0.1, 0.15) is 20.3 Å². The maximum atomic E-state index is 10.5. The molecule has 1 fully saturated rings. The van der Waals surface area contributed by atoms with E-state index in [0.29, 0.717) is 6.42 Å². The number of carbonyl (C=O) groups excluding carboxylic acids is 1. The van der Waals surface area contributed by atoms with Gasteiger partial charge in [0.05, 0.1) is 0 Å². The Kier molecular flexibility index (Phi) is 1.24. The van der Waals surface area contributed by atoms with Crippen molar-refractivity contribution in [1.82, 2.24) is 0 Å². The normalized spacial score (nSPS) is 41.7. The third-order valence-electron chi connectivity index (χ3n) is 1.85. The molecule has 0 aliphatic carbocycles. The Morgan fingerprint density at radius 2 is 2.44 bits per heavy atom. The fourth-order valence-electron chi connectivity index (χ4n) is 0.900. The molecule has 1 aliphatic rings. The molecular weight excluding hydrogens is 120 g/mol. The molecule has 2 atom stereocenters. The number of ether oxygens (including phenoxy) is 1. The van der Waals surface area contributed by atoms with Crippen LogP contribution in [0.5, 0.6) is 0 Å². The molecule has 0 saturated carbocycles. The van der Waals surface area contributed by atoms with E-state index < -0.39 is 11.6 Å². The van der Waals surface area contributed by atoms with Gasteiger partial charge in [-0.15, -0.1) is 0 Å². The quantitative estimate of drug-likeness (QED) is 0.511. The fourth-order valence-corrected chi connectivity index (χ4v) is 0.900. The van der Waals surface area contributed by atoms with Gasteiger partial charge in [0.2, 0.25) is 0 Å². The molecule has 0 amide bonds. The van der Waals surface area contributed by atoms with Gasteiger partial charge >= 0.3 is 5.97 Å². The fraction of sp³-hybridized carbons (Fsp3) is 0.833. The Balaban J connectivity index is 2.66. The highest BCUT2D eigenvalue weighted by molar-refractivity contribution is 5.85. The van der Waals surface area contributed by atoms with E-state index in [0.717, 1.165) is 0 Å². The van der Waals surface area contributed by atoms with E-state index >= 15 is 0 Å². The first kappa shape index (κ1) is 6.55. The summed E-state index contributed by atoms with van der Waals surface area (Å²) in [6.07, 6.45) is 0.113. The molecule has 0 aromatic rings. The third-order valence-corrected chi connectivity index (χ3v) is 1.85. The van der Waals surface area contributed by atoms with Crippen LogP contribution in [0.4, 0.5) is 0 Å². The number of aliphatic hydroxyl groups is 1. The SMILES string of the molecule is CCC1(O)C(=O)OC1C. The first-order valence-electron chi connectivity index (χ1n) is 3.04. The molecule has 1 N–H and O–H groups in total. The topological polar surface area (TPSA) is 46.5 Å². The van der Waals surface area contributed by atoms with Crippen molar-refractivity contribution in [3.63, 3.8) is 0 Å². The highest BCUT2D eigenvalue weighted by Crippen LogP contribution is 2.29. The van der Waals surface area contributed by atoms with Gasteiger partial charge < -0.3 is 9.84 Å². The zero-order valence-electron chi connectivity index (χ0n) is 5.55. The molecule has 1 saturated heterocycles. The minimum atomic E-state index is -1.18. The van der Waals surface area contributed by atoms with E-state index in [2.05, 4.69) is 4.74 Å². The average Bonchev–Trinajstić information content (AvgIpc) is 1.87. The highest BCUT2D eigenvalue weighted by atomic mass is 16.6. The van der Waals surface area contributed by atoms with Crippen molar-refractivity contribution in [1.29, 1.82) is 0 Å². The summed E-state index contributed by atoms with van der Waals surface area (Å²) in [4.78, 5) is 10.5. The van der Waals surface area contributed by atoms with E-state index in [1.165, 1.54) is 0 Å². The second-order valence-corrected chi connectivity index (χ2v) is 2.33. The molecule has 1 heterocycles. The minimum absolute atomic E-state index is 0.324. The standard InChI is InChI=1S/C6H10O3/c1-3-6(8)4(2)9-5(6)7/h4,8H,3H2,1-2H3. The predicted molar refractivity (Wildman–Crippen MR) is 30.8 cm³/mol. The second kappa shape index (κ2) is 1.70. The van der Waals surface area contributed by atoms with Crippen molar-refractivity contribution in [3.8, 4) is 0 Å². The predicted octanol–water partition coefficient (Wildman–Crippen LogP) is 0.0728. The van der Waals surface area contributed by atoms with Crippen molar-refractivity contribution >= 4 is 5.97 Å². The van der Waals surface area contributed by atoms with Gasteiger partial charge in [0, 0.05) is 0 Å². The van der Waals surface area contributed by atoms with Gasteiger partial charge in [-0.05, 0) is 13.3 Å². The summed E-state index contributed by atoms with van der Waals surface area (Å²) in [5.74, 6) is -0.488. The van der Waals surface area contributed by atoms with Crippen molar-refractivity contribution < 1.29 is 14.6 Å². The zero-order valence-corrected chi connectivity index (χ0v) is 5.55. The van der Waals surface area contributed by atoms with E-state index in [1.807, 2.05) is 0 Å². The average molecular weight is 130 g/mol. The van der Waals surface area contributed by atoms with Crippen molar-refractivity contribution in [3.05, 3.63) is 0 Å². The molecule has 0 aromatic carbocycles. The summed E-state index contributed by atoms with van der Waals surface area (Å²) in [7, 11) is 0. The first-order valence-corrected chi connectivity index (χ1v) is 3.04.